The quantitative estimate of drug-likeness (QED) is 0.773. The Morgan fingerprint density at radius 2 is 1.77 bits per heavy atom. The van der Waals surface area contributed by atoms with E-state index in [1.54, 1.807) is 30.3 Å². The van der Waals surface area contributed by atoms with Crippen molar-refractivity contribution in [3.05, 3.63) is 47.5 Å². The van der Waals surface area contributed by atoms with Gasteiger partial charge in [-0.05, 0) is 48.2 Å². The molecule has 2 rings (SSSR count). The van der Waals surface area contributed by atoms with Crippen molar-refractivity contribution in [3.8, 4) is 11.5 Å². The maximum absolute atomic E-state index is 12.9. The third kappa shape index (κ3) is 4.35. The molecule has 2 aromatic rings. The summed E-state index contributed by atoms with van der Waals surface area (Å²) in [5.74, 6) is 0.0651. The number of methoxy groups -OCH3 is 1. The highest BCUT2D eigenvalue weighted by Crippen LogP contribution is 2.34. The van der Waals surface area contributed by atoms with Gasteiger partial charge in [0.2, 0.25) is 5.91 Å². The molecule has 0 saturated carbocycles. The number of nitrogens with one attached hydrogen (secondary N) is 1. The van der Waals surface area contributed by atoms with Crippen LogP contribution in [0.2, 0.25) is 0 Å². The monoisotopic (exact) mass is 377 g/mol. The second-order valence-electron chi connectivity index (χ2n) is 6.23. The number of amides is 1. The van der Waals surface area contributed by atoms with Crippen molar-refractivity contribution >= 4 is 21.7 Å². The molecule has 6 nitrogen and oxygen atoms in total. The summed E-state index contributed by atoms with van der Waals surface area (Å²) in [6.45, 7) is 7.21. The van der Waals surface area contributed by atoms with Crippen molar-refractivity contribution in [3.63, 3.8) is 0 Å². The molecule has 0 atom stereocenters. The van der Waals surface area contributed by atoms with Gasteiger partial charge in [-0.3, -0.25) is 4.79 Å². The fourth-order valence-corrected chi connectivity index (χ4v) is 3.78. The summed E-state index contributed by atoms with van der Waals surface area (Å²) < 4.78 is 36.3. The fourth-order valence-electron chi connectivity index (χ4n) is 2.65. The Morgan fingerprint density at radius 1 is 1.12 bits per heavy atom. The molecule has 2 aromatic carbocycles. The Bertz CT molecular complexity index is 920. The van der Waals surface area contributed by atoms with Crippen LogP contribution in [0.15, 0.2) is 41.3 Å². The number of hydrogen-bond donors (Lipinski definition) is 1. The van der Waals surface area contributed by atoms with Gasteiger partial charge in [-0.1, -0.05) is 26.0 Å². The highest BCUT2D eigenvalue weighted by atomic mass is 32.2. The second-order valence-corrected chi connectivity index (χ2v) is 7.74. The zero-order valence-electron chi connectivity index (χ0n) is 15.5. The summed E-state index contributed by atoms with van der Waals surface area (Å²) >= 11 is 0. The van der Waals surface area contributed by atoms with Crippen LogP contribution in [0.3, 0.4) is 0 Å². The maximum atomic E-state index is 12.9. The minimum absolute atomic E-state index is 0.0384. The second kappa shape index (κ2) is 7.78. The molecule has 0 unspecified atom stereocenters. The molecule has 0 aliphatic rings. The van der Waals surface area contributed by atoms with Gasteiger partial charge < -0.3 is 14.2 Å². The van der Waals surface area contributed by atoms with Crippen molar-refractivity contribution in [2.24, 2.45) is 0 Å². The molecule has 0 heterocycles. The molecular weight excluding hydrogens is 354 g/mol. The van der Waals surface area contributed by atoms with Crippen LogP contribution in [0.4, 0.5) is 5.69 Å². The molecule has 26 heavy (non-hydrogen) atoms. The lowest BCUT2D eigenvalue weighted by atomic mass is 9.98. The van der Waals surface area contributed by atoms with Gasteiger partial charge in [-0.2, -0.15) is 8.42 Å². The minimum Gasteiger partial charge on any atom is -0.495 e. The lowest BCUT2D eigenvalue weighted by molar-refractivity contribution is -0.114. The zero-order chi connectivity index (χ0) is 19.5. The first kappa shape index (κ1) is 19.8. The predicted octanol–water partition coefficient (Wildman–Crippen LogP) is 3.85. The average molecular weight is 377 g/mol. The van der Waals surface area contributed by atoms with E-state index in [1.807, 2.05) is 20.8 Å². The van der Waals surface area contributed by atoms with Gasteiger partial charge in [0.15, 0.2) is 5.75 Å². The molecule has 1 N–H and O–H groups in total. The number of ether oxygens (including phenoxy) is 1. The van der Waals surface area contributed by atoms with E-state index in [4.69, 9.17) is 8.92 Å². The number of benzene rings is 2. The normalized spacial score (nSPS) is 11.3. The van der Waals surface area contributed by atoms with Crippen molar-refractivity contribution < 1.29 is 22.1 Å². The standard InChI is InChI=1S/C19H23NO5S/c1-12(2)15-11-19(18(24-5)10-13(15)3)26(22,23)25-17-9-7-6-8-16(17)20-14(4)21/h6-12H,1-5H3,(H,20,21). The molecular formula is C19H23NO5S. The number of rotatable bonds is 6. The lowest BCUT2D eigenvalue weighted by Gasteiger charge is -2.17. The van der Waals surface area contributed by atoms with Crippen LogP contribution in [0.25, 0.3) is 0 Å². The zero-order valence-corrected chi connectivity index (χ0v) is 16.3. The summed E-state index contributed by atoms with van der Waals surface area (Å²) in [4.78, 5) is 11.3. The fraction of sp³-hybridized carbons (Fsp3) is 0.316. The first-order valence-corrected chi connectivity index (χ1v) is 9.56. The average Bonchev–Trinajstić information content (AvgIpc) is 2.55. The SMILES string of the molecule is COc1cc(C)c(C(C)C)cc1S(=O)(=O)Oc1ccccc1NC(C)=O. The Balaban J connectivity index is 2.52. The van der Waals surface area contributed by atoms with E-state index in [1.165, 1.54) is 20.1 Å². The Kier molecular flexibility index (Phi) is 5.92. The summed E-state index contributed by atoms with van der Waals surface area (Å²) in [5, 5.41) is 2.56. The minimum atomic E-state index is -4.16. The van der Waals surface area contributed by atoms with Crippen molar-refractivity contribution in [2.75, 3.05) is 12.4 Å². The Morgan fingerprint density at radius 3 is 2.35 bits per heavy atom. The molecule has 0 aliphatic carbocycles. The van der Waals surface area contributed by atoms with Gasteiger partial charge in [0, 0.05) is 6.92 Å². The van der Waals surface area contributed by atoms with Gasteiger partial charge in [0.05, 0.1) is 12.8 Å². The molecule has 7 heteroatoms. The number of aryl methyl sites for hydroxylation is 1. The molecule has 0 aliphatic heterocycles. The summed E-state index contributed by atoms with van der Waals surface area (Å²) in [7, 11) is -2.75. The summed E-state index contributed by atoms with van der Waals surface area (Å²) in [6.07, 6.45) is 0. The van der Waals surface area contributed by atoms with Gasteiger partial charge in [0.1, 0.15) is 10.6 Å². The van der Waals surface area contributed by atoms with E-state index >= 15 is 0 Å². The van der Waals surface area contributed by atoms with Crippen LogP contribution in [-0.4, -0.2) is 21.4 Å². The van der Waals surface area contributed by atoms with E-state index in [2.05, 4.69) is 5.32 Å². The number of para-hydroxylation sites is 2. The van der Waals surface area contributed by atoms with Gasteiger partial charge in [0.25, 0.3) is 0 Å². The van der Waals surface area contributed by atoms with Crippen LogP contribution < -0.4 is 14.2 Å². The van der Waals surface area contributed by atoms with Crippen molar-refractivity contribution in [1.82, 2.24) is 0 Å². The molecule has 140 valence electrons. The molecule has 0 aromatic heterocycles. The van der Waals surface area contributed by atoms with Crippen LogP contribution in [0.1, 0.15) is 37.8 Å². The van der Waals surface area contributed by atoms with E-state index in [0.717, 1.165) is 11.1 Å². The summed E-state index contributed by atoms with van der Waals surface area (Å²) in [6, 6.07) is 9.61. The lowest BCUT2D eigenvalue weighted by Crippen LogP contribution is -2.14. The summed E-state index contributed by atoms with van der Waals surface area (Å²) in [5.41, 5.74) is 2.11. The van der Waals surface area contributed by atoms with E-state index in [9.17, 15) is 13.2 Å². The van der Waals surface area contributed by atoms with Gasteiger partial charge >= 0.3 is 10.1 Å². The third-order valence-corrected chi connectivity index (χ3v) is 5.10. The number of hydrogen-bond acceptors (Lipinski definition) is 5. The number of carbonyl (C=O) groups excluding carboxylic acids is 1. The van der Waals surface area contributed by atoms with Crippen LogP contribution in [-0.2, 0) is 14.9 Å². The first-order chi connectivity index (χ1) is 12.2. The molecule has 0 saturated heterocycles. The first-order valence-electron chi connectivity index (χ1n) is 8.15. The van der Waals surface area contributed by atoms with E-state index < -0.39 is 10.1 Å². The maximum Gasteiger partial charge on any atom is 0.343 e. The largest absolute Gasteiger partial charge is 0.495 e. The van der Waals surface area contributed by atoms with Crippen molar-refractivity contribution in [2.45, 2.75) is 38.5 Å². The highest BCUT2D eigenvalue weighted by Gasteiger charge is 2.25. The highest BCUT2D eigenvalue weighted by molar-refractivity contribution is 7.87. The van der Waals surface area contributed by atoms with Crippen LogP contribution in [0, 0.1) is 6.92 Å². The predicted molar refractivity (Wildman–Crippen MR) is 100 cm³/mol. The van der Waals surface area contributed by atoms with Gasteiger partial charge in [-0.15, -0.1) is 0 Å². The molecule has 0 radical (unpaired) electrons. The molecule has 0 bridgehead atoms. The van der Waals surface area contributed by atoms with Gasteiger partial charge in [-0.25, -0.2) is 0 Å². The topological polar surface area (TPSA) is 81.7 Å². The number of anilines is 1. The smallest absolute Gasteiger partial charge is 0.343 e. The molecule has 0 fully saturated rings. The number of carbonyl (C=O) groups is 1. The van der Waals surface area contributed by atoms with Crippen LogP contribution in [0.5, 0.6) is 11.5 Å². The molecule has 0 spiro atoms. The molecule has 1 amide bonds. The Hall–Kier alpha value is -2.54. The third-order valence-electron chi connectivity index (χ3n) is 3.84. The van der Waals surface area contributed by atoms with Crippen molar-refractivity contribution in [1.29, 1.82) is 0 Å². The Labute approximate surface area is 154 Å². The van der Waals surface area contributed by atoms with Crippen LogP contribution >= 0.6 is 0 Å². The van der Waals surface area contributed by atoms with E-state index in [-0.39, 0.29) is 33.9 Å². The van der Waals surface area contributed by atoms with E-state index in [0.29, 0.717) is 0 Å².